The fraction of sp³-hybridized carbons (Fsp3) is 0.385. The standard InChI is InChI=1S/C26H29ClF2N2/c1-3-6-25(22-7-4-5-8-23(22)27)30-26-16-31(12-11-17(26)2)20-9-10-21-18(14-20)13-19(28)15-24(21)29/h4-8,13,15,20,30H,3,9-12,14,16H2,1-2H3/b25-6+. The minimum atomic E-state index is -0.484. The summed E-state index contributed by atoms with van der Waals surface area (Å²) in [6, 6.07) is 10.7. The average molecular weight is 443 g/mol. The summed E-state index contributed by atoms with van der Waals surface area (Å²) >= 11 is 6.46. The molecule has 1 aliphatic heterocycles. The Kier molecular flexibility index (Phi) is 6.78. The van der Waals surface area contributed by atoms with E-state index in [1.165, 1.54) is 17.3 Å². The molecule has 0 amide bonds. The van der Waals surface area contributed by atoms with E-state index in [1.807, 2.05) is 24.3 Å². The Labute approximate surface area is 188 Å². The number of hydrogen-bond acceptors (Lipinski definition) is 2. The van der Waals surface area contributed by atoms with Crippen LogP contribution in [0.4, 0.5) is 8.78 Å². The van der Waals surface area contributed by atoms with Crippen LogP contribution in [-0.2, 0) is 12.8 Å². The highest BCUT2D eigenvalue weighted by Crippen LogP contribution is 2.31. The zero-order chi connectivity index (χ0) is 22.0. The van der Waals surface area contributed by atoms with E-state index in [4.69, 9.17) is 11.6 Å². The Balaban J connectivity index is 1.52. The van der Waals surface area contributed by atoms with E-state index in [2.05, 4.69) is 30.1 Å². The quantitative estimate of drug-likeness (QED) is 0.568. The van der Waals surface area contributed by atoms with Gasteiger partial charge in [-0.2, -0.15) is 0 Å². The van der Waals surface area contributed by atoms with E-state index < -0.39 is 11.6 Å². The molecule has 1 atom stereocenters. The molecule has 2 nitrogen and oxygen atoms in total. The molecule has 0 fully saturated rings. The molecule has 0 radical (unpaired) electrons. The Hall–Kier alpha value is -2.17. The number of halogens is 3. The van der Waals surface area contributed by atoms with Gasteiger partial charge in [-0.3, -0.25) is 4.90 Å². The van der Waals surface area contributed by atoms with E-state index in [0.29, 0.717) is 18.4 Å². The predicted molar refractivity (Wildman–Crippen MR) is 124 cm³/mol. The molecule has 0 saturated heterocycles. The van der Waals surface area contributed by atoms with Crippen LogP contribution in [0.25, 0.3) is 5.70 Å². The first-order chi connectivity index (χ1) is 15.0. The first-order valence-corrected chi connectivity index (χ1v) is 11.5. The van der Waals surface area contributed by atoms with Gasteiger partial charge in [-0.15, -0.1) is 0 Å². The van der Waals surface area contributed by atoms with Gasteiger partial charge < -0.3 is 5.32 Å². The first kappa shape index (κ1) is 22.0. The first-order valence-electron chi connectivity index (χ1n) is 11.1. The Morgan fingerprint density at radius 3 is 2.81 bits per heavy atom. The summed E-state index contributed by atoms with van der Waals surface area (Å²) in [6.45, 7) is 6.06. The summed E-state index contributed by atoms with van der Waals surface area (Å²) in [6.07, 6.45) is 6.30. The molecular weight excluding hydrogens is 414 g/mol. The summed E-state index contributed by atoms with van der Waals surface area (Å²) in [5.74, 6) is -0.887. The molecule has 0 spiro atoms. The second-order valence-electron chi connectivity index (χ2n) is 8.53. The SMILES string of the molecule is CC/C=C(/NC1=C(C)CCN(C2CCc3c(F)cc(F)cc3C2)C1)c1ccccc1Cl. The van der Waals surface area contributed by atoms with Crippen LogP contribution < -0.4 is 5.32 Å². The number of allylic oxidation sites excluding steroid dienone is 1. The number of nitrogens with one attached hydrogen (secondary N) is 1. The lowest BCUT2D eigenvalue weighted by Gasteiger charge is -2.39. The molecule has 1 heterocycles. The fourth-order valence-corrected chi connectivity index (χ4v) is 4.95. The van der Waals surface area contributed by atoms with Crippen molar-refractivity contribution >= 4 is 17.3 Å². The highest BCUT2D eigenvalue weighted by Gasteiger charge is 2.29. The van der Waals surface area contributed by atoms with Gasteiger partial charge in [-0.05, 0) is 62.3 Å². The molecule has 4 rings (SSSR count). The summed E-state index contributed by atoms with van der Waals surface area (Å²) in [5.41, 5.74) is 6.08. The van der Waals surface area contributed by atoms with Crippen molar-refractivity contribution in [1.82, 2.24) is 10.2 Å². The molecular formula is C26H29ClF2N2. The van der Waals surface area contributed by atoms with Gasteiger partial charge in [0, 0.05) is 47.2 Å². The molecule has 1 aliphatic carbocycles. The van der Waals surface area contributed by atoms with Crippen molar-refractivity contribution in [3.05, 3.63) is 87.1 Å². The Morgan fingerprint density at radius 1 is 1.23 bits per heavy atom. The van der Waals surface area contributed by atoms with Gasteiger partial charge in [0.05, 0.1) is 0 Å². The van der Waals surface area contributed by atoms with Crippen LogP contribution in [0.2, 0.25) is 5.02 Å². The average Bonchev–Trinajstić information content (AvgIpc) is 2.74. The third-order valence-corrected chi connectivity index (χ3v) is 6.79. The smallest absolute Gasteiger partial charge is 0.129 e. The third kappa shape index (κ3) is 4.86. The van der Waals surface area contributed by atoms with Crippen molar-refractivity contribution < 1.29 is 8.78 Å². The van der Waals surface area contributed by atoms with Crippen LogP contribution in [0.3, 0.4) is 0 Å². The van der Waals surface area contributed by atoms with Gasteiger partial charge in [-0.25, -0.2) is 8.78 Å². The molecule has 1 N–H and O–H groups in total. The van der Waals surface area contributed by atoms with Gasteiger partial charge in [0.1, 0.15) is 11.6 Å². The largest absolute Gasteiger partial charge is 0.358 e. The lowest BCUT2D eigenvalue weighted by molar-refractivity contribution is 0.184. The van der Waals surface area contributed by atoms with Crippen LogP contribution in [0.15, 0.2) is 53.7 Å². The maximum Gasteiger partial charge on any atom is 0.129 e. The zero-order valence-electron chi connectivity index (χ0n) is 18.1. The van der Waals surface area contributed by atoms with E-state index in [0.717, 1.165) is 60.3 Å². The molecule has 2 aromatic rings. The Morgan fingerprint density at radius 2 is 2.03 bits per heavy atom. The van der Waals surface area contributed by atoms with Crippen molar-refractivity contribution in [2.75, 3.05) is 13.1 Å². The van der Waals surface area contributed by atoms with Crippen molar-refractivity contribution in [1.29, 1.82) is 0 Å². The molecule has 5 heteroatoms. The fourth-order valence-electron chi connectivity index (χ4n) is 4.71. The molecule has 0 saturated carbocycles. The molecule has 2 aliphatic rings. The number of hydrogen-bond donors (Lipinski definition) is 1. The van der Waals surface area contributed by atoms with Crippen LogP contribution in [-0.4, -0.2) is 24.0 Å². The minimum Gasteiger partial charge on any atom is -0.358 e. The number of rotatable bonds is 5. The summed E-state index contributed by atoms with van der Waals surface area (Å²) < 4.78 is 27.9. The summed E-state index contributed by atoms with van der Waals surface area (Å²) in [7, 11) is 0. The molecule has 164 valence electrons. The summed E-state index contributed by atoms with van der Waals surface area (Å²) in [4.78, 5) is 2.46. The lowest BCUT2D eigenvalue weighted by atomic mass is 9.86. The summed E-state index contributed by atoms with van der Waals surface area (Å²) in [5, 5.41) is 4.39. The normalized spacial score (nSPS) is 20.0. The van der Waals surface area contributed by atoms with E-state index in [9.17, 15) is 8.78 Å². The van der Waals surface area contributed by atoms with Crippen LogP contribution in [0, 0.1) is 11.6 Å². The maximum absolute atomic E-state index is 14.1. The second kappa shape index (κ2) is 9.54. The molecule has 1 unspecified atom stereocenters. The minimum absolute atomic E-state index is 0.289. The third-order valence-electron chi connectivity index (χ3n) is 6.46. The van der Waals surface area contributed by atoms with E-state index in [1.54, 1.807) is 0 Å². The second-order valence-corrected chi connectivity index (χ2v) is 8.94. The van der Waals surface area contributed by atoms with E-state index >= 15 is 0 Å². The maximum atomic E-state index is 14.1. The molecule has 0 bridgehead atoms. The van der Waals surface area contributed by atoms with Crippen molar-refractivity contribution in [3.8, 4) is 0 Å². The van der Waals surface area contributed by atoms with Crippen LogP contribution >= 0.6 is 11.6 Å². The van der Waals surface area contributed by atoms with Crippen molar-refractivity contribution in [3.63, 3.8) is 0 Å². The number of benzene rings is 2. The zero-order valence-corrected chi connectivity index (χ0v) is 18.9. The highest BCUT2D eigenvalue weighted by molar-refractivity contribution is 6.32. The van der Waals surface area contributed by atoms with Gasteiger partial charge in [0.2, 0.25) is 0 Å². The molecule has 31 heavy (non-hydrogen) atoms. The highest BCUT2D eigenvalue weighted by atomic mass is 35.5. The van der Waals surface area contributed by atoms with Crippen LogP contribution in [0.1, 0.15) is 49.8 Å². The molecule has 2 aromatic carbocycles. The number of fused-ring (bicyclic) bond motifs is 1. The number of nitrogens with zero attached hydrogens (tertiary/aromatic N) is 1. The molecule has 0 aromatic heterocycles. The van der Waals surface area contributed by atoms with Gasteiger partial charge in [-0.1, -0.05) is 48.4 Å². The van der Waals surface area contributed by atoms with Gasteiger partial charge >= 0.3 is 0 Å². The van der Waals surface area contributed by atoms with Gasteiger partial charge in [0.15, 0.2) is 0 Å². The van der Waals surface area contributed by atoms with Crippen molar-refractivity contribution in [2.24, 2.45) is 0 Å². The monoisotopic (exact) mass is 442 g/mol. The van der Waals surface area contributed by atoms with Gasteiger partial charge in [0.25, 0.3) is 0 Å². The van der Waals surface area contributed by atoms with Crippen LogP contribution in [0.5, 0.6) is 0 Å². The van der Waals surface area contributed by atoms with Crippen molar-refractivity contribution in [2.45, 2.75) is 52.0 Å². The van der Waals surface area contributed by atoms with E-state index in [-0.39, 0.29) is 6.04 Å². The Bertz CT molecular complexity index is 1030. The lowest BCUT2D eigenvalue weighted by Crippen LogP contribution is -2.45. The predicted octanol–water partition coefficient (Wildman–Crippen LogP) is 6.50. The topological polar surface area (TPSA) is 15.3 Å².